The largest absolute Gasteiger partial charge is 0.462 e. The Morgan fingerprint density at radius 1 is 1.39 bits per heavy atom. The van der Waals surface area contributed by atoms with Crippen LogP contribution in [0.2, 0.25) is 0 Å². The first-order valence-electron chi connectivity index (χ1n) is 7.92. The van der Waals surface area contributed by atoms with E-state index in [2.05, 4.69) is 33.0 Å². The second kappa shape index (κ2) is 8.29. The summed E-state index contributed by atoms with van der Waals surface area (Å²) in [4.78, 5) is 25.0. The molecular weight excluding hydrogens is 310 g/mol. The summed E-state index contributed by atoms with van der Waals surface area (Å²) in [5.41, 5.74) is 0.632. The summed E-state index contributed by atoms with van der Waals surface area (Å²) in [6, 6.07) is 1.85. The summed E-state index contributed by atoms with van der Waals surface area (Å²) in [6.45, 7) is 12.6. The molecule has 4 nitrogen and oxygen atoms in total. The molecule has 5 heteroatoms. The molecular formula is C18H27NO3S. The highest BCUT2D eigenvalue weighted by Crippen LogP contribution is 2.38. The van der Waals surface area contributed by atoms with Crippen LogP contribution >= 0.6 is 11.3 Å². The molecule has 0 aliphatic carbocycles. The molecule has 1 aromatic rings. The van der Waals surface area contributed by atoms with Gasteiger partial charge >= 0.3 is 5.97 Å². The predicted molar refractivity (Wildman–Crippen MR) is 96.2 cm³/mol. The number of hydrogen-bond donors (Lipinski definition) is 1. The van der Waals surface area contributed by atoms with Crippen molar-refractivity contribution >= 4 is 28.2 Å². The Balaban J connectivity index is 3.10. The average molecular weight is 337 g/mol. The highest BCUT2D eigenvalue weighted by Gasteiger charge is 2.23. The van der Waals surface area contributed by atoms with Crippen LogP contribution in [0, 0.1) is 5.41 Å². The molecule has 0 fully saturated rings. The molecule has 0 aliphatic heterocycles. The zero-order valence-electron chi connectivity index (χ0n) is 14.9. The van der Waals surface area contributed by atoms with E-state index in [-0.39, 0.29) is 11.3 Å². The van der Waals surface area contributed by atoms with Crippen LogP contribution in [0.1, 0.15) is 69.1 Å². The van der Waals surface area contributed by atoms with Gasteiger partial charge in [0.15, 0.2) is 0 Å². The number of allylic oxidation sites excluding steroid dienone is 1. The fourth-order valence-electron chi connectivity index (χ4n) is 2.43. The number of carbonyl (C=O) groups is 2. The maximum atomic E-state index is 12.1. The highest BCUT2D eigenvalue weighted by molar-refractivity contribution is 7.16. The number of ether oxygens (including phenoxy) is 1. The molecule has 1 rings (SSSR count). The van der Waals surface area contributed by atoms with E-state index < -0.39 is 5.97 Å². The van der Waals surface area contributed by atoms with Crippen molar-refractivity contribution in [2.75, 3.05) is 11.9 Å². The molecule has 1 unspecified atom stereocenters. The number of hydrogen-bond acceptors (Lipinski definition) is 4. The first-order chi connectivity index (χ1) is 10.7. The second-order valence-electron chi connectivity index (χ2n) is 6.77. The molecule has 0 aliphatic rings. The van der Waals surface area contributed by atoms with Crippen LogP contribution in [0.15, 0.2) is 18.2 Å². The van der Waals surface area contributed by atoms with Gasteiger partial charge in [-0.05, 0) is 43.7 Å². The van der Waals surface area contributed by atoms with Crippen LogP contribution in [0.4, 0.5) is 5.00 Å². The van der Waals surface area contributed by atoms with E-state index in [1.807, 2.05) is 6.07 Å². The fraction of sp³-hybridized carbons (Fsp3) is 0.556. The van der Waals surface area contributed by atoms with Crippen molar-refractivity contribution in [3.63, 3.8) is 0 Å². The van der Waals surface area contributed by atoms with E-state index in [0.717, 1.165) is 11.3 Å². The molecule has 128 valence electrons. The van der Waals surface area contributed by atoms with E-state index in [4.69, 9.17) is 4.74 Å². The molecule has 0 bridgehead atoms. The summed E-state index contributed by atoms with van der Waals surface area (Å²) in [5, 5.41) is 3.34. The molecule has 0 saturated heterocycles. The molecule has 1 heterocycles. The molecule has 1 aromatic heterocycles. The first kappa shape index (κ1) is 19.4. The highest BCUT2D eigenvalue weighted by atomic mass is 32.1. The number of rotatable bonds is 6. The molecule has 0 spiro atoms. The molecule has 0 aromatic carbocycles. The number of anilines is 1. The van der Waals surface area contributed by atoms with Crippen LogP contribution in [-0.2, 0) is 9.53 Å². The fourth-order valence-corrected chi connectivity index (χ4v) is 3.53. The Kier molecular flexibility index (Phi) is 7.01. The molecule has 23 heavy (non-hydrogen) atoms. The predicted octanol–water partition coefficient (Wildman–Crippen LogP) is 4.98. The lowest BCUT2D eigenvalue weighted by atomic mass is 9.85. The van der Waals surface area contributed by atoms with Crippen LogP contribution in [0.5, 0.6) is 0 Å². The smallest absolute Gasteiger partial charge is 0.341 e. The zero-order chi connectivity index (χ0) is 17.6. The van der Waals surface area contributed by atoms with Crippen molar-refractivity contribution in [2.45, 2.75) is 53.9 Å². The first-order valence-corrected chi connectivity index (χ1v) is 8.74. The Labute approximate surface area is 142 Å². The van der Waals surface area contributed by atoms with Gasteiger partial charge in [0, 0.05) is 4.88 Å². The monoisotopic (exact) mass is 337 g/mol. The minimum Gasteiger partial charge on any atom is -0.462 e. The van der Waals surface area contributed by atoms with Gasteiger partial charge in [-0.2, -0.15) is 0 Å². The Morgan fingerprint density at radius 2 is 2.04 bits per heavy atom. The standard InChI is InChI=1S/C18H27NO3S/c1-7-9-15(20)19-16-13(17(21)22-8-2)10-14(23-16)12(3)11-18(4,5)6/h7,9-10,12H,8,11H2,1-6H3,(H,19,20)/b9-7+. The minimum absolute atomic E-state index is 0.196. The lowest BCUT2D eigenvalue weighted by Crippen LogP contribution is -2.11. The van der Waals surface area contributed by atoms with Crippen molar-refractivity contribution in [1.29, 1.82) is 0 Å². The zero-order valence-corrected chi connectivity index (χ0v) is 15.7. The summed E-state index contributed by atoms with van der Waals surface area (Å²) in [7, 11) is 0. The lowest BCUT2D eigenvalue weighted by molar-refractivity contribution is -0.111. The molecule has 1 N–H and O–H groups in total. The minimum atomic E-state index is -0.395. The average Bonchev–Trinajstić information content (AvgIpc) is 2.81. The second-order valence-corrected chi connectivity index (χ2v) is 7.85. The molecule has 1 amide bonds. The van der Waals surface area contributed by atoms with Crippen molar-refractivity contribution in [2.24, 2.45) is 5.41 Å². The summed E-state index contributed by atoms with van der Waals surface area (Å²) in [5.74, 6) is -0.329. The van der Waals surface area contributed by atoms with E-state index in [0.29, 0.717) is 23.1 Å². The van der Waals surface area contributed by atoms with Gasteiger partial charge in [-0.25, -0.2) is 4.79 Å². The Bertz CT molecular complexity index is 582. The van der Waals surface area contributed by atoms with Gasteiger partial charge in [0.1, 0.15) is 5.00 Å². The van der Waals surface area contributed by atoms with E-state index in [9.17, 15) is 9.59 Å². The number of carbonyl (C=O) groups excluding carboxylic acids is 2. The number of nitrogens with one attached hydrogen (secondary N) is 1. The SMILES string of the molecule is C/C=C/C(=O)Nc1sc(C(C)CC(C)(C)C)cc1C(=O)OCC. The van der Waals surface area contributed by atoms with Crippen LogP contribution < -0.4 is 5.32 Å². The van der Waals surface area contributed by atoms with Gasteiger partial charge in [-0.15, -0.1) is 11.3 Å². The Morgan fingerprint density at radius 3 is 2.57 bits per heavy atom. The van der Waals surface area contributed by atoms with Gasteiger partial charge in [0.05, 0.1) is 12.2 Å². The van der Waals surface area contributed by atoms with Gasteiger partial charge in [0.25, 0.3) is 0 Å². The summed E-state index contributed by atoms with van der Waals surface area (Å²) in [6.07, 6.45) is 4.10. The topological polar surface area (TPSA) is 55.4 Å². The quantitative estimate of drug-likeness (QED) is 0.588. The van der Waals surface area contributed by atoms with Crippen molar-refractivity contribution < 1.29 is 14.3 Å². The van der Waals surface area contributed by atoms with Crippen LogP contribution in [0.25, 0.3) is 0 Å². The van der Waals surface area contributed by atoms with Crippen molar-refractivity contribution in [1.82, 2.24) is 0 Å². The maximum absolute atomic E-state index is 12.1. The van der Waals surface area contributed by atoms with Crippen LogP contribution in [0.3, 0.4) is 0 Å². The van der Waals surface area contributed by atoms with Gasteiger partial charge < -0.3 is 10.1 Å². The number of esters is 1. The van der Waals surface area contributed by atoms with Crippen molar-refractivity contribution in [3.8, 4) is 0 Å². The van der Waals surface area contributed by atoms with E-state index in [1.54, 1.807) is 19.9 Å². The third-order valence-corrected chi connectivity index (χ3v) is 4.49. The summed E-state index contributed by atoms with van der Waals surface area (Å²) < 4.78 is 5.10. The normalized spacial score (nSPS) is 13.1. The van der Waals surface area contributed by atoms with E-state index >= 15 is 0 Å². The third-order valence-electron chi connectivity index (χ3n) is 3.21. The molecule has 1 atom stereocenters. The van der Waals surface area contributed by atoms with Gasteiger partial charge in [-0.1, -0.05) is 33.8 Å². The van der Waals surface area contributed by atoms with Crippen molar-refractivity contribution in [3.05, 3.63) is 28.7 Å². The number of amides is 1. The Hall–Kier alpha value is -1.62. The molecule has 0 radical (unpaired) electrons. The number of thiophene rings is 1. The van der Waals surface area contributed by atoms with Crippen LogP contribution in [-0.4, -0.2) is 18.5 Å². The molecule has 0 saturated carbocycles. The van der Waals surface area contributed by atoms with E-state index in [1.165, 1.54) is 17.4 Å². The van der Waals surface area contributed by atoms with Gasteiger partial charge in [0.2, 0.25) is 5.91 Å². The lowest BCUT2D eigenvalue weighted by Gasteiger charge is -2.22. The maximum Gasteiger partial charge on any atom is 0.341 e. The summed E-state index contributed by atoms with van der Waals surface area (Å²) >= 11 is 1.45. The van der Waals surface area contributed by atoms with Gasteiger partial charge in [-0.3, -0.25) is 4.79 Å². The third kappa shape index (κ3) is 6.18.